The van der Waals surface area contributed by atoms with Crippen molar-refractivity contribution in [3.05, 3.63) is 77.4 Å². The van der Waals surface area contributed by atoms with Crippen molar-refractivity contribution in [3.63, 3.8) is 0 Å². The van der Waals surface area contributed by atoms with Gasteiger partial charge in [0.1, 0.15) is 0 Å². The van der Waals surface area contributed by atoms with Crippen molar-refractivity contribution in [1.82, 2.24) is 25.1 Å². The third kappa shape index (κ3) is 2.93. The number of fused-ring (bicyclic) bond motifs is 3. The summed E-state index contributed by atoms with van der Waals surface area (Å²) in [6, 6.07) is 12.8. The predicted molar refractivity (Wildman–Crippen MR) is 133 cm³/mol. The Morgan fingerprint density at radius 1 is 1.09 bits per heavy atom. The molecule has 0 fully saturated rings. The Hall–Kier alpha value is -3.58. The van der Waals surface area contributed by atoms with Gasteiger partial charge in [0.05, 0.1) is 23.3 Å². The van der Waals surface area contributed by atoms with Gasteiger partial charge in [0.25, 0.3) is 0 Å². The highest BCUT2D eigenvalue weighted by Gasteiger charge is 2.44. The van der Waals surface area contributed by atoms with Crippen molar-refractivity contribution in [2.75, 3.05) is 11.4 Å². The zero-order valence-corrected chi connectivity index (χ0v) is 19.0. The van der Waals surface area contributed by atoms with E-state index >= 15 is 0 Å². The molecule has 7 heteroatoms. The Morgan fingerprint density at radius 3 is 2.91 bits per heavy atom. The van der Waals surface area contributed by atoms with Gasteiger partial charge in [-0.05, 0) is 72.8 Å². The van der Waals surface area contributed by atoms with Gasteiger partial charge in [0.2, 0.25) is 0 Å². The summed E-state index contributed by atoms with van der Waals surface area (Å²) >= 11 is 0. The van der Waals surface area contributed by atoms with E-state index < -0.39 is 0 Å². The number of hydrogen-bond donors (Lipinski definition) is 2. The molecule has 1 aliphatic heterocycles. The van der Waals surface area contributed by atoms with Gasteiger partial charge in [-0.1, -0.05) is 30.3 Å². The number of nitrogens with one attached hydrogen (secondary N) is 1. The molecule has 7 nitrogen and oxygen atoms in total. The van der Waals surface area contributed by atoms with Crippen LogP contribution in [-0.2, 0) is 12.8 Å². The van der Waals surface area contributed by atoms with E-state index in [0.717, 1.165) is 79.1 Å². The quantitative estimate of drug-likeness (QED) is 0.463. The van der Waals surface area contributed by atoms with Gasteiger partial charge >= 0.3 is 0 Å². The summed E-state index contributed by atoms with van der Waals surface area (Å²) in [5.74, 6) is 0.828. The largest absolute Gasteiger partial charge is 0.323 e. The van der Waals surface area contributed by atoms with Crippen molar-refractivity contribution >= 4 is 28.2 Å². The van der Waals surface area contributed by atoms with Crippen molar-refractivity contribution in [2.24, 2.45) is 11.1 Å². The minimum Gasteiger partial charge on any atom is -0.323 e. The zero-order chi connectivity index (χ0) is 22.7. The summed E-state index contributed by atoms with van der Waals surface area (Å²) in [7, 11) is 0. The highest BCUT2D eigenvalue weighted by Crippen LogP contribution is 2.53. The number of aryl methyl sites for hydroxylation is 1. The highest BCUT2D eigenvalue weighted by molar-refractivity contribution is 5.87. The van der Waals surface area contributed by atoms with Crippen molar-refractivity contribution in [1.29, 1.82) is 0 Å². The maximum Gasteiger partial charge on any atom is 0.183 e. The summed E-state index contributed by atoms with van der Waals surface area (Å²) in [6.07, 6.45) is 12.2. The van der Waals surface area contributed by atoms with E-state index in [1.54, 1.807) is 0 Å². The van der Waals surface area contributed by atoms with Crippen LogP contribution in [0.5, 0.6) is 0 Å². The maximum absolute atomic E-state index is 6.74. The average Bonchev–Trinajstić information content (AvgIpc) is 3.43. The third-order valence-corrected chi connectivity index (χ3v) is 8.03. The first-order valence-corrected chi connectivity index (χ1v) is 12.2. The lowest BCUT2D eigenvalue weighted by Gasteiger charge is -2.36. The molecule has 0 saturated carbocycles. The summed E-state index contributed by atoms with van der Waals surface area (Å²) < 4.78 is 0. The number of H-pyrrole nitrogens is 1. The first-order chi connectivity index (χ1) is 16.7. The number of benzene rings is 1. The molecule has 0 amide bonds. The van der Waals surface area contributed by atoms with Crippen LogP contribution in [0.25, 0.3) is 16.7 Å². The number of rotatable bonds is 2. The van der Waals surface area contributed by atoms with Crippen LogP contribution in [0.4, 0.5) is 11.5 Å². The second kappa shape index (κ2) is 7.46. The fraction of sp³-hybridized carbons (Fsp3) is 0.333. The Labute approximate surface area is 198 Å². The summed E-state index contributed by atoms with van der Waals surface area (Å²) in [4.78, 5) is 16.5. The standard InChI is InChI=1S/C27H27N7/c28-24-19-6-2-1-5-18(19)15-27(24)11-9-17(10-12-27)21-16-30-23-25(31-21)32-33-26(23)34-14-4-7-20-22(34)8-3-13-29-20/h1-3,5-6,8-9,13,16,24H,4,7,10-12,14-15,28H2,(H,31,32,33)/t24-,27+/m1/s1. The molecule has 7 rings (SSSR count). The van der Waals surface area contributed by atoms with Crippen LogP contribution in [0, 0.1) is 5.41 Å². The van der Waals surface area contributed by atoms with E-state index in [2.05, 4.69) is 56.5 Å². The molecule has 0 saturated heterocycles. The molecule has 34 heavy (non-hydrogen) atoms. The number of pyridine rings is 1. The first-order valence-electron chi connectivity index (χ1n) is 12.2. The lowest BCUT2D eigenvalue weighted by Crippen LogP contribution is -2.33. The molecule has 3 N–H and O–H groups in total. The molecule has 4 aromatic rings. The van der Waals surface area contributed by atoms with Crippen LogP contribution >= 0.6 is 0 Å². The molecule has 0 radical (unpaired) electrons. The fourth-order valence-corrected chi connectivity index (χ4v) is 6.15. The molecule has 4 heterocycles. The summed E-state index contributed by atoms with van der Waals surface area (Å²) in [6.45, 7) is 0.901. The molecule has 2 aliphatic carbocycles. The Kier molecular flexibility index (Phi) is 4.36. The number of allylic oxidation sites excluding steroid dienone is 2. The van der Waals surface area contributed by atoms with E-state index in [-0.39, 0.29) is 11.5 Å². The molecule has 0 bridgehead atoms. The van der Waals surface area contributed by atoms with Crippen molar-refractivity contribution < 1.29 is 0 Å². The Morgan fingerprint density at radius 2 is 2.03 bits per heavy atom. The lowest BCUT2D eigenvalue weighted by molar-refractivity contribution is 0.224. The molecule has 0 unspecified atom stereocenters. The number of nitrogens with zero attached hydrogens (tertiary/aromatic N) is 5. The normalized spacial score (nSPS) is 23.7. The van der Waals surface area contributed by atoms with E-state index in [1.165, 1.54) is 16.7 Å². The van der Waals surface area contributed by atoms with Crippen molar-refractivity contribution in [2.45, 2.75) is 44.6 Å². The van der Waals surface area contributed by atoms with Gasteiger partial charge < -0.3 is 10.6 Å². The smallest absolute Gasteiger partial charge is 0.183 e. The van der Waals surface area contributed by atoms with Crippen LogP contribution in [-0.4, -0.2) is 31.7 Å². The zero-order valence-electron chi connectivity index (χ0n) is 19.0. The molecule has 170 valence electrons. The van der Waals surface area contributed by atoms with Crippen LogP contribution in [0.1, 0.15) is 54.2 Å². The van der Waals surface area contributed by atoms with Gasteiger partial charge in [0, 0.05) is 18.8 Å². The van der Waals surface area contributed by atoms with Gasteiger partial charge in [-0.2, -0.15) is 5.10 Å². The summed E-state index contributed by atoms with van der Waals surface area (Å²) in [5, 5.41) is 7.74. The lowest BCUT2D eigenvalue weighted by atomic mass is 9.70. The topological polar surface area (TPSA) is 96.6 Å². The summed E-state index contributed by atoms with van der Waals surface area (Å²) in [5.41, 5.74) is 15.6. The molecule has 1 spiro atoms. The van der Waals surface area contributed by atoms with Crippen LogP contribution < -0.4 is 10.6 Å². The van der Waals surface area contributed by atoms with E-state index in [9.17, 15) is 0 Å². The number of aromatic amines is 1. The minimum absolute atomic E-state index is 0.104. The Balaban J connectivity index is 1.18. The number of anilines is 2. The molecule has 1 aromatic carbocycles. The number of nitrogens with two attached hydrogens (primary N) is 1. The second-order valence-corrected chi connectivity index (χ2v) is 9.87. The van der Waals surface area contributed by atoms with Crippen LogP contribution in [0.15, 0.2) is 54.9 Å². The predicted octanol–water partition coefficient (Wildman–Crippen LogP) is 4.64. The fourth-order valence-electron chi connectivity index (χ4n) is 6.15. The molecular formula is C27H27N7. The highest BCUT2D eigenvalue weighted by atomic mass is 15.3. The third-order valence-electron chi connectivity index (χ3n) is 8.03. The molecule has 2 atom stereocenters. The number of hydrogen-bond acceptors (Lipinski definition) is 6. The molecule has 3 aromatic heterocycles. The average molecular weight is 450 g/mol. The van der Waals surface area contributed by atoms with Gasteiger partial charge in [-0.15, -0.1) is 0 Å². The van der Waals surface area contributed by atoms with Gasteiger partial charge in [-0.3, -0.25) is 10.1 Å². The van der Waals surface area contributed by atoms with Crippen molar-refractivity contribution in [3.8, 4) is 0 Å². The SMILES string of the molecule is N[C@@H]1c2ccccc2C[C@@]12CC=C(c1cnc3c(N4CCCc5ncccc54)n[nH]c3n1)CC2. The van der Waals surface area contributed by atoms with E-state index in [0.29, 0.717) is 0 Å². The van der Waals surface area contributed by atoms with Gasteiger partial charge in [-0.25, -0.2) is 9.97 Å². The first kappa shape index (κ1) is 19.9. The van der Waals surface area contributed by atoms with E-state index in [1.807, 2.05) is 18.5 Å². The maximum atomic E-state index is 6.74. The Bertz CT molecular complexity index is 1440. The van der Waals surface area contributed by atoms with Gasteiger partial charge in [0.15, 0.2) is 17.0 Å². The molecule has 3 aliphatic rings. The van der Waals surface area contributed by atoms with E-state index in [4.69, 9.17) is 15.7 Å². The minimum atomic E-state index is 0.104. The monoisotopic (exact) mass is 449 g/mol. The van der Waals surface area contributed by atoms with Crippen LogP contribution in [0.2, 0.25) is 0 Å². The molecular weight excluding hydrogens is 422 g/mol. The number of aromatic nitrogens is 5. The van der Waals surface area contributed by atoms with Crippen LogP contribution in [0.3, 0.4) is 0 Å². The second-order valence-electron chi connectivity index (χ2n) is 9.87.